The summed E-state index contributed by atoms with van der Waals surface area (Å²) in [6.07, 6.45) is 0. The Hall–Kier alpha value is -9.14. The van der Waals surface area contributed by atoms with Gasteiger partial charge in [-0.25, -0.2) is 9.98 Å². The SMILES string of the molecule is C=N/C(=N\C(=N/Cc1cccc2c1oc1ccccc12)n1c2ccccc2c2ccc3c4ccccc4n(-c4cccc(-c5cccc(N=C)c5OCc5ccccc5)c4)c3c21)c1ccccc1. The fourth-order valence-electron chi connectivity index (χ4n) is 9.66. The Morgan fingerprint density at radius 1 is 0.559 bits per heavy atom. The highest BCUT2D eigenvalue weighted by Gasteiger charge is 2.24. The van der Waals surface area contributed by atoms with Gasteiger partial charge in [0.15, 0.2) is 11.6 Å². The van der Waals surface area contributed by atoms with Crippen LogP contribution in [-0.2, 0) is 13.2 Å². The normalized spacial score (nSPS) is 12.2. The number of benzene rings is 9. The number of hydrogen-bond donors (Lipinski definition) is 0. The first-order valence-electron chi connectivity index (χ1n) is 22.5. The highest BCUT2D eigenvalue weighted by Crippen LogP contribution is 2.43. The number of aromatic nitrogens is 2. The Bertz CT molecular complexity index is 3990. The number of aliphatic imine (C=N–C) groups is 4. The molecule has 0 radical (unpaired) electrons. The Labute approximate surface area is 391 Å². The van der Waals surface area contributed by atoms with E-state index >= 15 is 0 Å². The van der Waals surface area contributed by atoms with Crippen molar-refractivity contribution in [1.82, 2.24) is 9.13 Å². The lowest BCUT2D eigenvalue weighted by molar-refractivity contribution is 0.309. The van der Waals surface area contributed by atoms with Crippen LogP contribution in [0.2, 0.25) is 0 Å². The Morgan fingerprint density at radius 3 is 2.01 bits per heavy atom. The standard InChI is InChI=1S/C60H42N6O2/c1-61-51-30-17-28-44(58(51)67-38-39-18-5-3-6-19-39)41-22-15-24-43(36-41)65-52-31-12-9-25-45(52)48-34-35-49-46-26-10-13-32-53(46)66(56(49)55(48)65)60(64-59(62-2)40-20-7-4-8-21-40)63-37-42-23-16-29-50-47-27-11-14-33-54(47)68-57(42)50/h3-36H,1-2,37-38H2/b63-60+,64-59-. The van der Waals surface area contributed by atoms with Gasteiger partial charge in [0.05, 0.1) is 28.6 Å². The van der Waals surface area contributed by atoms with Gasteiger partial charge in [0.1, 0.15) is 23.5 Å². The minimum Gasteiger partial charge on any atom is -0.486 e. The smallest absolute Gasteiger partial charge is 0.232 e. The van der Waals surface area contributed by atoms with Gasteiger partial charge in [-0.3, -0.25) is 9.56 Å². The summed E-state index contributed by atoms with van der Waals surface area (Å²) >= 11 is 0. The average Bonchev–Trinajstić information content (AvgIpc) is 4.07. The number of para-hydroxylation sites is 5. The molecule has 12 rings (SSSR count). The first kappa shape index (κ1) is 40.4. The lowest BCUT2D eigenvalue weighted by Crippen LogP contribution is -2.14. The second-order valence-electron chi connectivity index (χ2n) is 16.7. The maximum atomic E-state index is 6.58. The molecule has 68 heavy (non-hydrogen) atoms. The van der Waals surface area contributed by atoms with Crippen LogP contribution in [0.5, 0.6) is 5.75 Å². The van der Waals surface area contributed by atoms with Gasteiger partial charge in [0.2, 0.25) is 5.96 Å². The quantitative estimate of drug-likeness (QED) is 0.107. The Kier molecular flexibility index (Phi) is 10.1. The molecule has 0 N–H and O–H groups in total. The van der Waals surface area contributed by atoms with E-state index < -0.39 is 0 Å². The molecule has 0 saturated carbocycles. The van der Waals surface area contributed by atoms with E-state index in [1.807, 2.05) is 78.9 Å². The third-order valence-electron chi connectivity index (χ3n) is 12.7. The lowest BCUT2D eigenvalue weighted by Gasteiger charge is -2.16. The van der Waals surface area contributed by atoms with Crippen LogP contribution in [0.15, 0.2) is 231 Å². The molecular weight excluding hydrogens is 837 g/mol. The zero-order valence-corrected chi connectivity index (χ0v) is 37.0. The van der Waals surface area contributed by atoms with Crippen LogP contribution in [-0.4, -0.2) is 34.4 Å². The molecule has 12 aromatic rings. The summed E-state index contributed by atoms with van der Waals surface area (Å²) in [7, 11) is 0. The van der Waals surface area contributed by atoms with Gasteiger partial charge in [0.25, 0.3) is 0 Å². The van der Waals surface area contributed by atoms with Crippen LogP contribution >= 0.6 is 0 Å². The van der Waals surface area contributed by atoms with E-state index in [9.17, 15) is 0 Å². The van der Waals surface area contributed by atoms with Crippen molar-refractivity contribution in [3.8, 4) is 22.6 Å². The summed E-state index contributed by atoms with van der Waals surface area (Å²) in [4.78, 5) is 19.7. The van der Waals surface area contributed by atoms with E-state index in [-0.39, 0.29) is 6.54 Å². The van der Waals surface area contributed by atoms with E-state index in [0.717, 1.165) is 99.1 Å². The van der Waals surface area contributed by atoms with Crippen molar-refractivity contribution in [2.24, 2.45) is 20.0 Å². The third-order valence-corrected chi connectivity index (χ3v) is 12.7. The maximum Gasteiger partial charge on any atom is 0.232 e. The van der Waals surface area contributed by atoms with E-state index in [1.54, 1.807) is 0 Å². The van der Waals surface area contributed by atoms with Crippen LogP contribution in [0.4, 0.5) is 5.69 Å². The summed E-state index contributed by atoms with van der Waals surface area (Å²) < 4.78 is 17.7. The van der Waals surface area contributed by atoms with Crippen LogP contribution in [0.25, 0.3) is 82.4 Å². The van der Waals surface area contributed by atoms with E-state index in [2.05, 4.69) is 160 Å². The Balaban J connectivity index is 1.12. The topological polar surface area (TPSA) is 81.7 Å². The molecule has 0 aliphatic rings. The Morgan fingerprint density at radius 2 is 1.22 bits per heavy atom. The molecule has 0 aliphatic carbocycles. The molecule has 0 spiro atoms. The molecule has 0 aliphatic heterocycles. The molecule has 0 bridgehead atoms. The molecule has 0 fully saturated rings. The predicted octanol–water partition coefficient (Wildman–Crippen LogP) is 14.9. The first-order chi connectivity index (χ1) is 33.7. The molecule has 8 heteroatoms. The summed E-state index contributed by atoms with van der Waals surface area (Å²) in [5, 5.41) is 6.45. The van der Waals surface area contributed by atoms with Crippen LogP contribution in [0.3, 0.4) is 0 Å². The summed E-state index contributed by atoms with van der Waals surface area (Å²) in [6, 6.07) is 70.7. The molecule has 8 nitrogen and oxygen atoms in total. The molecular formula is C60H42N6O2. The van der Waals surface area contributed by atoms with Crippen LogP contribution in [0, 0.1) is 0 Å². The van der Waals surface area contributed by atoms with E-state index in [4.69, 9.17) is 19.1 Å². The van der Waals surface area contributed by atoms with Gasteiger partial charge >= 0.3 is 0 Å². The second-order valence-corrected chi connectivity index (χ2v) is 16.7. The molecule has 3 heterocycles. The van der Waals surface area contributed by atoms with Gasteiger partial charge in [-0.15, -0.1) is 0 Å². The number of nitrogens with zero attached hydrogens (tertiary/aromatic N) is 6. The number of hydrogen-bond acceptors (Lipinski definition) is 4. The number of amidine groups is 1. The fraction of sp³-hybridized carbons (Fsp3) is 0.0333. The van der Waals surface area contributed by atoms with Crippen molar-refractivity contribution in [2.45, 2.75) is 13.2 Å². The van der Waals surface area contributed by atoms with Crippen molar-refractivity contribution < 1.29 is 9.15 Å². The molecule has 324 valence electrons. The van der Waals surface area contributed by atoms with Crippen LogP contribution in [0.1, 0.15) is 16.7 Å². The minimum absolute atomic E-state index is 0.289. The number of furan rings is 1. The predicted molar refractivity (Wildman–Crippen MR) is 282 cm³/mol. The number of ether oxygens (including phenoxy) is 1. The van der Waals surface area contributed by atoms with Gasteiger partial charge < -0.3 is 13.7 Å². The summed E-state index contributed by atoms with van der Waals surface area (Å²) in [5.74, 6) is 1.59. The van der Waals surface area contributed by atoms with Crippen molar-refractivity contribution in [3.05, 3.63) is 223 Å². The second kappa shape index (κ2) is 17.0. The van der Waals surface area contributed by atoms with Crippen molar-refractivity contribution in [1.29, 1.82) is 0 Å². The average molecular weight is 879 g/mol. The van der Waals surface area contributed by atoms with E-state index in [0.29, 0.717) is 29.8 Å². The molecule has 0 unspecified atom stereocenters. The largest absolute Gasteiger partial charge is 0.486 e. The zero-order valence-electron chi connectivity index (χ0n) is 37.0. The van der Waals surface area contributed by atoms with Gasteiger partial charge in [-0.05, 0) is 61.0 Å². The maximum absolute atomic E-state index is 6.58. The van der Waals surface area contributed by atoms with Crippen molar-refractivity contribution >= 4 is 96.5 Å². The van der Waals surface area contributed by atoms with Gasteiger partial charge in [-0.1, -0.05) is 170 Å². The minimum atomic E-state index is 0.289. The van der Waals surface area contributed by atoms with Crippen molar-refractivity contribution in [3.63, 3.8) is 0 Å². The molecule has 0 amide bonds. The molecule has 9 aromatic carbocycles. The van der Waals surface area contributed by atoms with Crippen LogP contribution < -0.4 is 4.74 Å². The first-order valence-corrected chi connectivity index (χ1v) is 22.5. The van der Waals surface area contributed by atoms with Gasteiger partial charge in [0, 0.05) is 54.7 Å². The third kappa shape index (κ3) is 6.86. The lowest BCUT2D eigenvalue weighted by atomic mass is 10.0. The number of fused-ring (bicyclic) bond motifs is 10. The molecule has 0 saturated heterocycles. The van der Waals surface area contributed by atoms with Gasteiger partial charge in [-0.2, -0.15) is 4.99 Å². The highest BCUT2D eigenvalue weighted by molar-refractivity contribution is 6.26. The fourth-order valence-corrected chi connectivity index (χ4v) is 9.66. The molecule has 0 atom stereocenters. The zero-order chi connectivity index (χ0) is 45.6. The molecule has 3 aromatic heterocycles. The van der Waals surface area contributed by atoms with Crippen molar-refractivity contribution in [2.75, 3.05) is 0 Å². The number of rotatable bonds is 9. The highest BCUT2D eigenvalue weighted by atomic mass is 16.5. The monoisotopic (exact) mass is 878 g/mol. The van der Waals surface area contributed by atoms with E-state index in [1.165, 1.54) is 0 Å². The summed E-state index contributed by atoms with van der Waals surface area (Å²) in [6.45, 7) is 8.59. The summed E-state index contributed by atoms with van der Waals surface area (Å²) in [5.41, 5.74) is 12.0.